The molecule has 7 heteroatoms. The number of hydrogen-bond acceptors (Lipinski definition) is 5. The zero-order valence-corrected chi connectivity index (χ0v) is 13.5. The number of ether oxygens (including phenoxy) is 3. The van der Waals surface area contributed by atoms with Gasteiger partial charge in [0.15, 0.2) is 23.0 Å². The second-order valence-corrected chi connectivity index (χ2v) is 5.84. The average Bonchev–Trinajstić information content (AvgIpc) is 2.98. The van der Waals surface area contributed by atoms with E-state index in [9.17, 15) is 9.59 Å². The van der Waals surface area contributed by atoms with Crippen LogP contribution in [0.25, 0.3) is 0 Å². The van der Waals surface area contributed by atoms with Gasteiger partial charge in [0.2, 0.25) is 5.91 Å². The van der Waals surface area contributed by atoms with Gasteiger partial charge in [0.05, 0.1) is 18.8 Å². The van der Waals surface area contributed by atoms with Gasteiger partial charge in [0.25, 0.3) is 0 Å². The van der Waals surface area contributed by atoms with E-state index in [0.29, 0.717) is 35.2 Å². The van der Waals surface area contributed by atoms with Crippen LogP contribution < -0.4 is 19.7 Å². The van der Waals surface area contributed by atoms with Crippen molar-refractivity contribution in [1.29, 1.82) is 0 Å². The van der Waals surface area contributed by atoms with Crippen molar-refractivity contribution < 1.29 is 23.8 Å². The molecular weight excluding hydrogens is 324 g/mol. The molecule has 1 N–H and O–H groups in total. The summed E-state index contributed by atoms with van der Waals surface area (Å²) in [5.41, 5.74) is 0.650. The number of hydrogen-bond donors (Lipinski definition) is 1. The lowest BCUT2D eigenvalue weighted by Gasteiger charge is -2.22. The Bertz CT molecular complexity index is 851. The predicted molar refractivity (Wildman–Crippen MR) is 89.3 cm³/mol. The third kappa shape index (κ3) is 2.96. The summed E-state index contributed by atoms with van der Waals surface area (Å²) in [6, 6.07) is 12.7. The van der Waals surface area contributed by atoms with E-state index in [4.69, 9.17) is 14.2 Å². The fraction of sp³-hybridized carbons (Fsp3) is 0.222. The van der Waals surface area contributed by atoms with Crippen LogP contribution in [0.3, 0.4) is 0 Å². The lowest BCUT2D eigenvalue weighted by Crippen LogP contribution is -2.33. The summed E-state index contributed by atoms with van der Waals surface area (Å²) < 4.78 is 16.9. The molecule has 0 bridgehead atoms. The molecule has 2 aromatic rings. The Hall–Kier alpha value is -3.22. The molecule has 2 aliphatic heterocycles. The fourth-order valence-corrected chi connectivity index (χ4v) is 2.78. The number of nitrogens with one attached hydrogen (secondary N) is 1. The van der Waals surface area contributed by atoms with Crippen molar-refractivity contribution in [3.63, 3.8) is 0 Å². The van der Waals surface area contributed by atoms with Crippen molar-refractivity contribution in [2.75, 3.05) is 18.0 Å². The van der Waals surface area contributed by atoms with Gasteiger partial charge in [-0.2, -0.15) is 0 Å². The smallest absolute Gasteiger partial charge is 0.414 e. The Kier molecular flexibility index (Phi) is 3.68. The summed E-state index contributed by atoms with van der Waals surface area (Å²) in [5, 5.41) is 2.65. The predicted octanol–water partition coefficient (Wildman–Crippen LogP) is 3.05. The van der Waals surface area contributed by atoms with E-state index < -0.39 is 6.09 Å². The Morgan fingerprint density at radius 3 is 2.52 bits per heavy atom. The second kappa shape index (κ2) is 6.01. The zero-order valence-electron chi connectivity index (χ0n) is 13.5. The van der Waals surface area contributed by atoms with E-state index in [1.54, 1.807) is 18.2 Å². The van der Waals surface area contributed by atoms with E-state index in [2.05, 4.69) is 5.32 Å². The van der Waals surface area contributed by atoms with E-state index >= 15 is 0 Å². The number of nitrogens with zero attached hydrogens (tertiary/aromatic N) is 1. The highest BCUT2D eigenvalue weighted by atomic mass is 16.6. The summed E-state index contributed by atoms with van der Waals surface area (Å²) in [6.45, 7) is 2.07. The highest BCUT2D eigenvalue weighted by Crippen LogP contribution is 2.46. The second-order valence-electron chi connectivity index (χ2n) is 5.84. The van der Waals surface area contributed by atoms with Gasteiger partial charge >= 0.3 is 6.09 Å². The molecule has 1 fully saturated rings. The van der Waals surface area contributed by atoms with Gasteiger partial charge in [-0.15, -0.1) is 0 Å². The zero-order chi connectivity index (χ0) is 17.4. The molecule has 4 rings (SSSR count). The van der Waals surface area contributed by atoms with Crippen LogP contribution in [-0.4, -0.2) is 31.2 Å². The lowest BCUT2D eigenvalue weighted by atomic mass is 10.2. The van der Waals surface area contributed by atoms with Gasteiger partial charge in [0.1, 0.15) is 6.10 Å². The summed E-state index contributed by atoms with van der Waals surface area (Å²) in [7, 11) is 0. The molecule has 2 amide bonds. The first-order valence-electron chi connectivity index (χ1n) is 7.91. The first kappa shape index (κ1) is 15.3. The lowest BCUT2D eigenvalue weighted by molar-refractivity contribution is -0.119. The Balaban J connectivity index is 1.53. The van der Waals surface area contributed by atoms with Crippen LogP contribution >= 0.6 is 0 Å². The third-order valence-electron chi connectivity index (χ3n) is 3.98. The van der Waals surface area contributed by atoms with Gasteiger partial charge in [-0.05, 0) is 24.3 Å². The topological polar surface area (TPSA) is 77.1 Å². The maximum absolute atomic E-state index is 12.1. The molecular formula is C18H16N2O5. The number of fused-ring (bicyclic) bond motifs is 2. The maximum atomic E-state index is 12.1. The standard InChI is InChI=1S/C18H16N2O5/c1-11(21)19-9-13-10-20(18(22)23-13)12-6-7-16-17(8-12)25-15-5-3-2-4-14(15)24-16/h2-8,13H,9-10H2,1H3,(H,19,21)/t13-/m0/s1. The van der Waals surface area contributed by atoms with Gasteiger partial charge in [-0.3, -0.25) is 9.69 Å². The first-order valence-corrected chi connectivity index (χ1v) is 7.91. The highest BCUT2D eigenvalue weighted by Gasteiger charge is 2.33. The molecule has 0 unspecified atom stereocenters. The molecule has 0 aliphatic carbocycles. The molecule has 2 aromatic carbocycles. The van der Waals surface area contributed by atoms with Gasteiger partial charge in [-0.25, -0.2) is 4.79 Å². The Morgan fingerprint density at radius 2 is 1.80 bits per heavy atom. The minimum Gasteiger partial charge on any atom is -0.450 e. The molecule has 0 saturated carbocycles. The van der Waals surface area contributed by atoms with Crippen LogP contribution in [0.2, 0.25) is 0 Å². The molecule has 2 heterocycles. The van der Waals surface area contributed by atoms with E-state index in [-0.39, 0.29) is 18.6 Å². The van der Waals surface area contributed by atoms with Crippen LogP contribution in [0.15, 0.2) is 42.5 Å². The van der Waals surface area contributed by atoms with Gasteiger partial charge in [0, 0.05) is 13.0 Å². The molecule has 7 nitrogen and oxygen atoms in total. The monoisotopic (exact) mass is 340 g/mol. The fourth-order valence-electron chi connectivity index (χ4n) is 2.78. The third-order valence-corrected chi connectivity index (χ3v) is 3.98. The number of amides is 2. The van der Waals surface area contributed by atoms with Gasteiger partial charge in [-0.1, -0.05) is 12.1 Å². The van der Waals surface area contributed by atoms with Crippen LogP contribution in [-0.2, 0) is 9.53 Å². The molecule has 1 atom stereocenters. The van der Waals surface area contributed by atoms with E-state index in [1.807, 2.05) is 24.3 Å². The van der Waals surface area contributed by atoms with Crippen LogP contribution in [0.5, 0.6) is 23.0 Å². The minimum absolute atomic E-state index is 0.160. The van der Waals surface area contributed by atoms with Crippen molar-refractivity contribution in [3.05, 3.63) is 42.5 Å². The number of para-hydroxylation sites is 2. The van der Waals surface area contributed by atoms with Gasteiger partial charge < -0.3 is 19.5 Å². The number of rotatable bonds is 3. The molecule has 128 valence electrons. The molecule has 0 spiro atoms. The molecule has 0 aromatic heterocycles. The summed E-state index contributed by atoms with van der Waals surface area (Å²) in [6.07, 6.45) is -0.835. The quantitative estimate of drug-likeness (QED) is 0.793. The van der Waals surface area contributed by atoms with Crippen molar-refractivity contribution in [3.8, 4) is 23.0 Å². The van der Waals surface area contributed by atoms with Crippen LogP contribution in [0, 0.1) is 0 Å². The molecule has 0 radical (unpaired) electrons. The number of cyclic esters (lactones) is 1. The van der Waals surface area contributed by atoms with E-state index in [0.717, 1.165) is 0 Å². The highest BCUT2D eigenvalue weighted by molar-refractivity contribution is 5.90. The minimum atomic E-state index is -0.451. The number of anilines is 1. The summed E-state index contributed by atoms with van der Waals surface area (Å²) in [5.74, 6) is 2.24. The number of carbonyl (C=O) groups is 2. The van der Waals surface area contributed by atoms with Crippen molar-refractivity contribution in [1.82, 2.24) is 5.32 Å². The first-order chi connectivity index (χ1) is 12.1. The largest absolute Gasteiger partial charge is 0.450 e. The normalized spacial score (nSPS) is 17.7. The number of benzene rings is 2. The SMILES string of the molecule is CC(=O)NC[C@H]1CN(c2ccc3c(c2)Oc2ccccc2O3)C(=O)O1. The molecule has 2 aliphatic rings. The van der Waals surface area contributed by atoms with Crippen molar-refractivity contribution in [2.45, 2.75) is 13.0 Å². The van der Waals surface area contributed by atoms with Crippen LogP contribution in [0.4, 0.5) is 10.5 Å². The Morgan fingerprint density at radius 1 is 1.12 bits per heavy atom. The summed E-state index contributed by atoms with van der Waals surface area (Å²) >= 11 is 0. The summed E-state index contributed by atoms with van der Waals surface area (Å²) in [4.78, 5) is 24.6. The molecule has 25 heavy (non-hydrogen) atoms. The van der Waals surface area contributed by atoms with Crippen molar-refractivity contribution >= 4 is 17.7 Å². The van der Waals surface area contributed by atoms with Crippen LogP contribution in [0.1, 0.15) is 6.92 Å². The Labute approximate surface area is 144 Å². The van der Waals surface area contributed by atoms with E-state index in [1.165, 1.54) is 11.8 Å². The maximum Gasteiger partial charge on any atom is 0.414 e. The molecule has 1 saturated heterocycles. The average molecular weight is 340 g/mol. The number of carbonyl (C=O) groups excluding carboxylic acids is 2. The van der Waals surface area contributed by atoms with Crippen molar-refractivity contribution in [2.24, 2.45) is 0 Å².